The van der Waals surface area contributed by atoms with Crippen LogP contribution < -0.4 is 0 Å². The maximum Gasteiger partial charge on any atom is 0.283 e. The summed E-state index contributed by atoms with van der Waals surface area (Å²) >= 11 is 0. The Hall–Kier alpha value is 0.0249. The van der Waals surface area contributed by atoms with Crippen molar-refractivity contribution >= 4 is 8.05 Å². The van der Waals surface area contributed by atoms with E-state index < -0.39 is 0 Å². The second-order valence-electron chi connectivity index (χ2n) is 4.19. The Morgan fingerprint density at radius 2 is 1.33 bits per heavy atom. The highest BCUT2D eigenvalue weighted by atomic mass is 16.4. The SMILES string of the molecule is [B]OC1(C)CCCCCCCC1. The Labute approximate surface area is 77.3 Å². The zero-order chi connectivity index (χ0) is 8.86. The van der Waals surface area contributed by atoms with Gasteiger partial charge in [0, 0.05) is 5.60 Å². The van der Waals surface area contributed by atoms with Crippen LogP contribution in [0.2, 0.25) is 0 Å². The minimum absolute atomic E-state index is 0.0374. The summed E-state index contributed by atoms with van der Waals surface area (Å²) in [6.07, 6.45) is 10.3. The van der Waals surface area contributed by atoms with Gasteiger partial charge in [0.15, 0.2) is 0 Å². The largest absolute Gasteiger partial charge is 0.443 e. The van der Waals surface area contributed by atoms with E-state index in [-0.39, 0.29) is 5.60 Å². The van der Waals surface area contributed by atoms with Gasteiger partial charge in [0.2, 0.25) is 0 Å². The van der Waals surface area contributed by atoms with Gasteiger partial charge in [0.05, 0.1) is 0 Å². The van der Waals surface area contributed by atoms with Crippen molar-refractivity contribution in [2.45, 2.75) is 63.9 Å². The lowest BCUT2D eigenvalue weighted by atomic mass is 9.93. The summed E-state index contributed by atoms with van der Waals surface area (Å²) < 4.78 is 5.07. The van der Waals surface area contributed by atoms with Gasteiger partial charge in [-0.2, -0.15) is 0 Å². The van der Waals surface area contributed by atoms with Crippen LogP contribution in [0.3, 0.4) is 0 Å². The highest BCUT2D eigenvalue weighted by Crippen LogP contribution is 2.27. The van der Waals surface area contributed by atoms with Gasteiger partial charge < -0.3 is 4.65 Å². The lowest BCUT2D eigenvalue weighted by Crippen LogP contribution is -2.27. The Morgan fingerprint density at radius 3 is 1.75 bits per heavy atom. The third-order valence-electron chi connectivity index (χ3n) is 2.95. The van der Waals surface area contributed by atoms with Crippen molar-refractivity contribution in [2.24, 2.45) is 0 Å². The summed E-state index contributed by atoms with van der Waals surface area (Å²) in [5.41, 5.74) is -0.0374. The van der Waals surface area contributed by atoms with Crippen LogP contribution in [0.25, 0.3) is 0 Å². The van der Waals surface area contributed by atoms with Crippen molar-refractivity contribution in [3.8, 4) is 0 Å². The lowest BCUT2D eigenvalue weighted by Gasteiger charge is -2.28. The molecule has 0 unspecified atom stereocenters. The molecule has 0 spiro atoms. The van der Waals surface area contributed by atoms with Crippen LogP contribution >= 0.6 is 0 Å². The van der Waals surface area contributed by atoms with E-state index in [2.05, 4.69) is 6.92 Å². The van der Waals surface area contributed by atoms with E-state index in [0.29, 0.717) is 0 Å². The minimum Gasteiger partial charge on any atom is -0.443 e. The maximum atomic E-state index is 5.31. The first-order chi connectivity index (χ1) is 5.77. The van der Waals surface area contributed by atoms with Crippen molar-refractivity contribution in [3.05, 3.63) is 0 Å². The quantitative estimate of drug-likeness (QED) is 0.544. The van der Waals surface area contributed by atoms with E-state index in [1.165, 1.54) is 38.5 Å². The van der Waals surface area contributed by atoms with E-state index in [4.69, 9.17) is 12.7 Å². The fourth-order valence-electron chi connectivity index (χ4n) is 1.95. The molecule has 0 heterocycles. The molecule has 68 valence electrons. The van der Waals surface area contributed by atoms with Gasteiger partial charge in [0.25, 0.3) is 8.05 Å². The summed E-state index contributed by atoms with van der Waals surface area (Å²) in [6, 6.07) is 0. The molecule has 0 aromatic heterocycles. The molecule has 1 aliphatic carbocycles. The summed E-state index contributed by atoms with van der Waals surface area (Å²) in [5, 5.41) is 0. The van der Waals surface area contributed by atoms with E-state index in [1.54, 1.807) is 0 Å². The molecule has 1 aliphatic rings. The van der Waals surface area contributed by atoms with Gasteiger partial charge in [0.1, 0.15) is 0 Å². The molecule has 0 atom stereocenters. The second-order valence-corrected chi connectivity index (χ2v) is 4.19. The molecule has 0 saturated heterocycles. The summed E-state index contributed by atoms with van der Waals surface area (Å²) in [7, 11) is 5.31. The van der Waals surface area contributed by atoms with Crippen molar-refractivity contribution in [1.29, 1.82) is 0 Å². The second kappa shape index (κ2) is 4.91. The van der Waals surface area contributed by atoms with Gasteiger partial charge in [-0.05, 0) is 19.8 Å². The Morgan fingerprint density at radius 1 is 0.917 bits per heavy atom. The van der Waals surface area contributed by atoms with Crippen molar-refractivity contribution in [3.63, 3.8) is 0 Å². The normalized spacial score (nSPS) is 25.4. The monoisotopic (exact) mass is 166 g/mol. The highest BCUT2D eigenvalue weighted by Gasteiger charge is 2.22. The molecule has 2 radical (unpaired) electrons. The summed E-state index contributed by atoms with van der Waals surface area (Å²) in [6.45, 7) is 2.14. The Kier molecular flexibility index (Phi) is 4.13. The molecule has 0 bridgehead atoms. The molecule has 12 heavy (non-hydrogen) atoms. The van der Waals surface area contributed by atoms with E-state index >= 15 is 0 Å². The average molecular weight is 166 g/mol. The highest BCUT2D eigenvalue weighted by molar-refractivity contribution is 5.98. The molecule has 1 rings (SSSR count). The van der Waals surface area contributed by atoms with E-state index in [0.717, 1.165) is 12.8 Å². The maximum absolute atomic E-state index is 5.31. The van der Waals surface area contributed by atoms with Crippen LogP contribution in [-0.4, -0.2) is 13.7 Å². The van der Waals surface area contributed by atoms with Crippen LogP contribution in [0.5, 0.6) is 0 Å². The van der Waals surface area contributed by atoms with Gasteiger partial charge >= 0.3 is 0 Å². The van der Waals surface area contributed by atoms with Crippen LogP contribution in [0, 0.1) is 0 Å². The molecule has 0 aromatic rings. The standard InChI is InChI=1S/C10H19BO/c1-10(12-11)8-6-4-2-3-5-7-9-10/h2-9H2,1H3. The Balaban J connectivity index is 2.38. The van der Waals surface area contributed by atoms with E-state index in [1.807, 2.05) is 0 Å². The van der Waals surface area contributed by atoms with Gasteiger partial charge in [-0.15, -0.1) is 0 Å². The third-order valence-corrected chi connectivity index (χ3v) is 2.95. The molecule has 1 saturated carbocycles. The first kappa shape index (κ1) is 10.1. The van der Waals surface area contributed by atoms with Gasteiger partial charge in [-0.3, -0.25) is 0 Å². The van der Waals surface area contributed by atoms with Gasteiger partial charge in [-0.25, -0.2) is 0 Å². The molecular formula is C10H19BO. The van der Waals surface area contributed by atoms with Crippen LogP contribution in [0.4, 0.5) is 0 Å². The summed E-state index contributed by atoms with van der Waals surface area (Å²) in [5.74, 6) is 0. The van der Waals surface area contributed by atoms with Gasteiger partial charge in [-0.1, -0.05) is 38.5 Å². The van der Waals surface area contributed by atoms with Crippen LogP contribution in [-0.2, 0) is 4.65 Å². The topological polar surface area (TPSA) is 9.23 Å². The number of rotatable bonds is 1. The fourth-order valence-corrected chi connectivity index (χ4v) is 1.95. The third kappa shape index (κ3) is 3.18. The minimum atomic E-state index is -0.0374. The first-order valence-electron chi connectivity index (χ1n) is 5.15. The number of hydrogen-bond acceptors (Lipinski definition) is 1. The molecule has 0 aliphatic heterocycles. The predicted octanol–water partition coefficient (Wildman–Crippen LogP) is 2.98. The van der Waals surface area contributed by atoms with Crippen LogP contribution in [0.1, 0.15) is 58.3 Å². The predicted molar refractivity (Wildman–Crippen MR) is 52.2 cm³/mol. The molecule has 0 N–H and O–H groups in total. The molecule has 0 aromatic carbocycles. The smallest absolute Gasteiger partial charge is 0.283 e. The zero-order valence-corrected chi connectivity index (χ0v) is 8.14. The molecule has 1 nitrogen and oxygen atoms in total. The van der Waals surface area contributed by atoms with Crippen molar-refractivity contribution in [2.75, 3.05) is 0 Å². The van der Waals surface area contributed by atoms with Crippen LogP contribution in [0.15, 0.2) is 0 Å². The average Bonchev–Trinajstić information content (AvgIpc) is 2.18. The summed E-state index contributed by atoms with van der Waals surface area (Å²) in [4.78, 5) is 0. The number of hydrogen-bond donors (Lipinski definition) is 0. The molecule has 1 fully saturated rings. The first-order valence-corrected chi connectivity index (χ1v) is 5.15. The zero-order valence-electron chi connectivity index (χ0n) is 8.14. The molecule has 0 amide bonds. The fraction of sp³-hybridized carbons (Fsp3) is 1.00. The van der Waals surface area contributed by atoms with Crippen molar-refractivity contribution in [1.82, 2.24) is 0 Å². The molecular weight excluding hydrogens is 147 g/mol. The van der Waals surface area contributed by atoms with Crippen molar-refractivity contribution < 1.29 is 4.65 Å². The Bertz CT molecular complexity index is 115. The van der Waals surface area contributed by atoms with E-state index in [9.17, 15) is 0 Å². The molecule has 2 heteroatoms. The lowest BCUT2D eigenvalue weighted by molar-refractivity contribution is 0.0769.